The lowest BCUT2D eigenvalue weighted by Crippen LogP contribution is -2.08. The van der Waals surface area contributed by atoms with Gasteiger partial charge in [-0.15, -0.1) is 0 Å². The van der Waals surface area contributed by atoms with Crippen LogP contribution >= 0.6 is 12.6 Å². The third-order valence-electron chi connectivity index (χ3n) is 3.72. The zero-order valence-corrected chi connectivity index (χ0v) is 13.5. The molecule has 0 spiro atoms. The predicted molar refractivity (Wildman–Crippen MR) is 86.1 cm³/mol. The first-order valence-electron chi connectivity index (χ1n) is 8.02. The van der Waals surface area contributed by atoms with Crippen molar-refractivity contribution in [1.82, 2.24) is 0 Å². The largest absolute Gasteiger partial charge is 0.481 e. The summed E-state index contributed by atoms with van der Waals surface area (Å²) in [6.07, 6.45) is 15.1. The lowest BCUT2D eigenvalue weighted by atomic mass is 10.0. The van der Waals surface area contributed by atoms with Crippen LogP contribution in [-0.2, 0) is 4.79 Å². The fourth-order valence-electron chi connectivity index (χ4n) is 2.28. The molecule has 0 aliphatic heterocycles. The molecule has 0 aliphatic rings. The van der Waals surface area contributed by atoms with Gasteiger partial charge in [-0.2, -0.15) is 12.6 Å². The van der Waals surface area contributed by atoms with Gasteiger partial charge >= 0.3 is 5.97 Å². The van der Waals surface area contributed by atoms with Gasteiger partial charge in [0.1, 0.15) is 0 Å². The maximum absolute atomic E-state index is 10.6. The Balaban J connectivity index is 3.05. The summed E-state index contributed by atoms with van der Waals surface area (Å²) < 4.78 is 0. The highest BCUT2D eigenvalue weighted by Gasteiger charge is 2.09. The maximum Gasteiger partial charge on any atom is 0.306 e. The van der Waals surface area contributed by atoms with Crippen LogP contribution in [0.25, 0.3) is 0 Å². The Morgan fingerprint density at radius 2 is 1.21 bits per heavy atom. The molecule has 0 aliphatic carbocycles. The number of carboxylic acids is 1. The molecule has 0 saturated carbocycles. The van der Waals surface area contributed by atoms with Crippen LogP contribution in [0.1, 0.15) is 84.0 Å². The summed E-state index contributed by atoms with van der Waals surface area (Å²) in [5.74, 6) is 0.204. The second kappa shape index (κ2) is 14.2. The quantitative estimate of drug-likeness (QED) is 0.335. The number of hydrogen-bond donors (Lipinski definition) is 2. The van der Waals surface area contributed by atoms with Crippen molar-refractivity contribution in [2.24, 2.45) is 5.92 Å². The fourth-order valence-corrected chi connectivity index (χ4v) is 2.50. The summed E-state index contributed by atoms with van der Waals surface area (Å²) in [7, 11) is 0. The monoisotopic (exact) mass is 288 g/mol. The van der Waals surface area contributed by atoms with Gasteiger partial charge in [0.2, 0.25) is 0 Å². The number of carboxylic acid groups (broad SMARTS) is 1. The average molecular weight is 288 g/mol. The van der Waals surface area contributed by atoms with Crippen LogP contribution in [0.3, 0.4) is 0 Å². The molecule has 0 heterocycles. The summed E-state index contributed by atoms with van der Waals surface area (Å²) in [6, 6.07) is 0. The van der Waals surface area contributed by atoms with E-state index in [0.29, 0.717) is 0 Å². The minimum atomic E-state index is -0.655. The fraction of sp³-hybridized carbons (Fsp3) is 0.938. The topological polar surface area (TPSA) is 37.3 Å². The van der Waals surface area contributed by atoms with E-state index in [9.17, 15) is 4.79 Å². The van der Waals surface area contributed by atoms with Crippen molar-refractivity contribution in [3.63, 3.8) is 0 Å². The van der Waals surface area contributed by atoms with Crippen LogP contribution in [0.4, 0.5) is 0 Å². The molecule has 0 fully saturated rings. The first-order chi connectivity index (χ1) is 9.18. The summed E-state index contributed by atoms with van der Waals surface area (Å²) in [6.45, 7) is 1.80. The Hall–Kier alpha value is -0.180. The number of carbonyl (C=O) groups is 1. The molecule has 1 unspecified atom stereocenters. The van der Waals surface area contributed by atoms with E-state index < -0.39 is 5.97 Å². The van der Waals surface area contributed by atoms with Crippen LogP contribution in [0.2, 0.25) is 0 Å². The van der Waals surface area contributed by atoms with Gasteiger partial charge in [-0.05, 0) is 18.6 Å². The van der Waals surface area contributed by atoms with Gasteiger partial charge in [0.25, 0.3) is 0 Å². The van der Waals surface area contributed by atoms with Gasteiger partial charge in [-0.25, -0.2) is 0 Å². The number of unbranched alkanes of at least 4 members (excludes halogenated alkanes) is 10. The van der Waals surface area contributed by atoms with Crippen LogP contribution in [0.5, 0.6) is 0 Å². The zero-order chi connectivity index (χ0) is 14.3. The standard InChI is InChI=1S/C16H32O2S/c1-15(16(17)18)13-11-9-7-5-3-2-4-6-8-10-12-14-19/h15,19H,2-14H2,1H3,(H,17,18). The predicted octanol–water partition coefficient (Wildman–Crippen LogP) is 5.32. The first-order valence-corrected chi connectivity index (χ1v) is 8.65. The van der Waals surface area contributed by atoms with Crippen LogP contribution in [-0.4, -0.2) is 16.8 Å². The number of rotatable bonds is 14. The van der Waals surface area contributed by atoms with Crippen molar-refractivity contribution < 1.29 is 9.90 Å². The molecule has 0 radical (unpaired) electrons. The average Bonchev–Trinajstić information content (AvgIpc) is 2.39. The van der Waals surface area contributed by atoms with Crippen LogP contribution in [0.15, 0.2) is 0 Å². The Morgan fingerprint density at radius 1 is 0.842 bits per heavy atom. The molecule has 0 aromatic rings. The van der Waals surface area contributed by atoms with Gasteiger partial charge in [0.15, 0.2) is 0 Å². The molecule has 114 valence electrons. The van der Waals surface area contributed by atoms with E-state index in [4.69, 9.17) is 5.11 Å². The molecule has 0 rings (SSSR count). The van der Waals surface area contributed by atoms with Crippen molar-refractivity contribution >= 4 is 18.6 Å². The van der Waals surface area contributed by atoms with Crippen molar-refractivity contribution in [3.05, 3.63) is 0 Å². The number of aliphatic carboxylic acids is 1. The highest BCUT2D eigenvalue weighted by atomic mass is 32.1. The number of hydrogen-bond acceptors (Lipinski definition) is 2. The molecule has 0 bridgehead atoms. The van der Waals surface area contributed by atoms with Crippen LogP contribution in [0, 0.1) is 5.92 Å². The van der Waals surface area contributed by atoms with Gasteiger partial charge < -0.3 is 5.11 Å². The second-order valence-electron chi connectivity index (χ2n) is 5.64. The minimum Gasteiger partial charge on any atom is -0.481 e. The molecule has 1 N–H and O–H groups in total. The number of thiol groups is 1. The first kappa shape index (κ1) is 18.8. The molecule has 19 heavy (non-hydrogen) atoms. The highest BCUT2D eigenvalue weighted by Crippen LogP contribution is 2.14. The van der Waals surface area contributed by atoms with Gasteiger partial charge in [0.05, 0.1) is 5.92 Å². The third-order valence-corrected chi connectivity index (χ3v) is 4.03. The molecule has 0 amide bonds. The van der Waals surface area contributed by atoms with Crippen molar-refractivity contribution in [1.29, 1.82) is 0 Å². The van der Waals surface area contributed by atoms with Crippen molar-refractivity contribution in [2.75, 3.05) is 5.75 Å². The van der Waals surface area contributed by atoms with Gasteiger partial charge in [0, 0.05) is 0 Å². The molecular weight excluding hydrogens is 256 g/mol. The van der Waals surface area contributed by atoms with Gasteiger partial charge in [-0.3, -0.25) is 4.79 Å². The SMILES string of the molecule is CC(CCCCCCCCCCCCCS)C(=O)O. The van der Waals surface area contributed by atoms with Crippen LogP contribution < -0.4 is 0 Å². The lowest BCUT2D eigenvalue weighted by Gasteiger charge is -2.05. The van der Waals surface area contributed by atoms with E-state index in [1.807, 2.05) is 0 Å². The minimum absolute atomic E-state index is 0.169. The second-order valence-corrected chi connectivity index (χ2v) is 6.09. The zero-order valence-electron chi connectivity index (χ0n) is 12.6. The van der Waals surface area contributed by atoms with Crippen molar-refractivity contribution in [3.8, 4) is 0 Å². The summed E-state index contributed by atoms with van der Waals surface area (Å²) in [5.41, 5.74) is 0. The van der Waals surface area contributed by atoms with Gasteiger partial charge in [-0.1, -0.05) is 71.1 Å². The molecule has 0 aromatic carbocycles. The summed E-state index contributed by atoms with van der Waals surface area (Å²) in [5, 5.41) is 8.75. The Bertz CT molecular complexity index is 207. The van der Waals surface area contributed by atoms with E-state index in [1.54, 1.807) is 6.92 Å². The molecule has 1 atom stereocenters. The smallest absolute Gasteiger partial charge is 0.306 e. The Labute approximate surface area is 124 Å². The molecular formula is C16H32O2S. The van der Waals surface area contributed by atoms with E-state index in [0.717, 1.165) is 18.6 Å². The summed E-state index contributed by atoms with van der Waals surface area (Å²) >= 11 is 4.21. The van der Waals surface area contributed by atoms with E-state index in [1.165, 1.54) is 64.2 Å². The molecule has 0 aromatic heterocycles. The molecule has 2 nitrogen and oxygen atoms in total. The Kier molecular flexibility index (Phi) is 14.1. The molecule has 0 saturated heterocycles. The Morgan fingerprint density at radius 3 is 1.58 bits per heavy atom. The van der Waals surface area contributed by atoms with E-state index in [-0.39, 0.29) is 5.92 Å². The molecule has 3 heteroatoms. The lowest BCUT2D eigenvalue weighted by molar-refractivity contribution is -0.141. The van der Waals surface area contributed by atoms with E-state index in [2.05, 4.69) is 12.6 Å². The summed E-state index contributed by atoms with van der Waals surface area (Å²) in [4.78, 5) is 10.6. The normalized spacial score (nSPS) is 12.5. The third kappa shape index (κ3) is 14.0. The highest BCUT2D eigenvalue weighted by molar-refractivity contribution is 7.80. The van der Waals surface area contributed by atoms with Crippen molar-refractivity contribution in [2.45, 2.75) is 84.0 Å². The van der Waals surface area contributed by atoms with E-state index >= 15 is 0 Å². The maximum atomic E-state index is 10.6.